The molecule has 4 nitrogen and oxygen atoms in total. The predicted octanol–water partition coefficient (Wildman–Crippen LogP) is 2.02. The molecule has 13 heavy (non-hydrogen) atoms. The third-order valence-electron chi connectivity index (χ3n) is 0.925. The highest BCUT2D eigenvalue weighted by atomic mass is 35.5. The van der Waals surface area contributed by atoms with Gasteiger partial charge in [-0.25, -0.2) is 9.59 Å². The fourth-order valence-electron chi connectivity index (χ4n) is 0.326. The van der Waals surface area contributed by atoms with Gasteiger partial charge in [-0.2, -0.15) is 0 Å². The quantitative estimate of drug-likeness (QED) is 0.606. The van der Waals surface area contributed by atoms with Crippen molar-refractivity contribution in [1.82, 2.24) is 0 Å². The number of aliphatic carboxylic acids is 2. The number of hydrogen-bond donors (Lipinski definition) is 2. The molecule has 0 aromatic carbocycles. The Bertz CT molecular complexity index is 282. The molecule has 0 amide bonds. The lowest BCUT2D eigenvalue weighted by Gasteiger charge is -2.12. The first-order valence-corrected chi connectivity index (χ1v) is 4.12. The third-order valence-corrected chi connectivity index (χ3v) is 2.74. The van der Waals surface area contributed by atoms with Crippen LogP contribution in [-0.4, -0.2) is 26.5 Å². The van der Waals surface area contributed by atoms with Crippen molar-refractivity contribution in [3.8, 4) is 0 Å². The minimum atomic E-state index is -2.54. The molecule has 0 unspecified atom stereocenters. The van der Waals surface area contributed by atoms with Gasteiger partial charge in [-0.15, -0.1) is 0 Å². The van der Waals surface area contributed by atoms with Crippen molar-refractivity contribution >= 4 is 58.3 Å². The summed E-state index contributed by atoms with van der Waals surface area (Å²) in [4.78, 5) is 20.6. The van der Waals surface area contributed by atoms with Crippen molar-refractivity contribution in [3.05, 3.63) is 10.1 Å². The monoisotopic (exact) mass is 266 g/mol. The number of rotatable bonds is 3. The minimum Gasteiger partial charge on any atom is -0.479 e. The molecule has 74 valence electrons. The van der Waals surface area contributed by atoms with E-state index in [0.717, 1.165) is 0 Å². The molecule has 2 N–H and O–H groups in total. The Morgan fingerprint density at radius 1 is 1.08 bits per heavy atom. The molecule has 0 aliphatic rings. The first-order chi connectivity index (χ1) is 5.71. The Morgan fingerprint density at radius 2 is 1.46 bits per heavy atom. The van der Waals surface area contributed by atoms with Gasteiger partial charge in [-0.3, -0.25) is 0 Å². The van der Waals surface area contributed by atoms with Crippen LogP contribution in [0.25, 0.3) is 0 Å². The van der Waals surface area contributed by atoms with Crippen molar-refractivity contribution in [2.45, 2.75) is 4.33 Å². The molecule has 0 bridgehead atoms. The van der Waals surface area contributed by atoms with Gasteiger partial charge >= 0.3 is 11.9 Å². The third kappa shape index (κ3) is 2.91. The Kier molecular flexibility index (Phi) is 4.32. The predicted molar refractivity (Wildman–Crippen MR) is 48.4 cm³/mol. The van der Waals surface area contributed by atoms with Crippen molar-refractivity contribution in [1.29, 1.82) is 0 Å². The summed E-state index contributed by atoms with van der Waals surface area (Å²) in [5, 5.41) is 14.9. The number of carboxylic acids is 2. The summed E-state index contributed by atoms with van der Waals surface area (Å²) in [6.45, 7) is 0. The van der Waals surface area contributed by atoms with E-state index in [4.69, 9.17) is 56.6 Å². The van der Waals surface area contributed by atoms with Gasteiger partial charge in [0.15, 0.2) is 0 Å². The fourth-order valence-corrected chi connectivity index (χ4v) is 0.915. The van der Waals surface area contributed by atoms with Crippen molar-refractivity contribution in [3.63, 3.8) is 0 Å². The fraction of sp³-hybridized carbons (Fsp3) is 0.200. The lowest BCUT2D eigenvalue weighted by atomic mass is 10.3. The number of hydrogen-bond acceptors (Lipinski definition) is 2. The summed E-state index contributed by atoms with van der Waals surface area (Å²) in [5.41, 5.74) is 0. The second kappa shape index (κ2) is 4.37. The summed E-state index contributed by atoms with van der Waals surface area (Å²) >= 11 is 20.7. The van der Waals surface area contributed by atoms with E-state index >= 15 is 0 Å². The van der Waals surface area contributed by atoms with Crippen LogP contribution in [-0.2, 0) is 9.59 Å². The number of halogens is 4. The van der Waals surface area contributed by atoms with Crippen LogP contribution in [0, 0.1) is 0 Å². The van der Waals surface area contributed by atoms with E-state index in [1.54, 1.807) is 0 Å². The lowest BCUT2D eigenvalue weighted by molar-refractivity contribution is -0.136. The van der Waals surface area contributed by atoms with E-state index in [0.29, 0.717) is 0 Å². The van der Waals surface area contributed by atoms with Gasteiger partial charge in [0, 0.05) is 0 Å². The van der Waals surface area contributed by atoms with Gasteiger partial charge < -0.3 is 10.2 Å². The summed E-state index contributed by atoms with van der Waals surface area (Å²) in [6.07, 6.45) is 0. The van der Waals surface area contributed by atoms with E-state index in [-0.39, 0.29) is 0 Å². The van der Waals surface area contributed by atoms with E-state index in [1.807, 2.05) is 0 Å². The molecule has 0 saturated carbocycles. The Hall–Kier alpha value is -0.160. The van der Waals surface area contributed by atoms with Crippen molar-refractivity contribution in [2.24, 2.45) is 0 Å². The first kappa shape index (κ1) is 12.8. The Balaban J connectivity index is 5.20. The molecular weight excluding hydrogens is 266 g/mol. The highest BCUT2D eigenvalue weighted by Crippen LogP contribution is 2.36. The lowest BCUT2D eigenvalue weighted by Crippen LogP contribution is -2.27. The second-order valence-corrected chi connectivity index (χ2v) is 3.90. The maximum absolute atomic E-state index is 10.4. The molecule has 0 aromatic rings. The Labute approximate surface area is 92.6 Å². The van der Waals surface area contributed by atoms with Gasteiger partial charge in [0.25, 0.3) is 4.33 Å². The Morgan fingerprint density at radius 3 is 1.69 bits per heavy atom. The molecule has 0 heterocycles. The van der Waals surface area contributed by atoms with Crippen LogP contribution < -0.4 is 0 Å². The average Bonchev–Trinajstić information content (AvgIpc) is 2.01. The normalized spacial score (nSPS) is 13.5. The molecule has 0 rings (SSSR count). The summed E-state index contributed by atoms with van der Waals surface area (Å²) in [5.74, 6) is -3.32. The zero-order valence-electron chi connectivity index (χ0n) is 5.72. The molecule has 0 atom stereocenters. The topological polar surface area (TPSA) is 74.6 Å². The van der Waals surface area contributed by atoms with E-state index in [1.165, 1.54) is 0 Å². The molecular formula is C5H2Cl4O4. The highest BCUT2D eigenvalue weighted by Gasteiger charge is 2.40. The molecule has 8 heteroatoms. The van der Waals surface area contributed by atoms with E-state index < -0.39 is 26.3 Å². The van der Waals surface area contributed by atoms with Crippen LogP contribution in [0.5, 0.6) is 0 Å². The second-order valence-electron chi connectivity index (χ2n) is 1.81. The van der Waals surface area contributed by atoms with Crippen LogP contribution in [0.1, 0.15) is 0 Å². The highest BCUT2D eigenvalue weighted by molar-refractivity contribution is 6.65. The maximum atomic E-state index is 10.4. The van der Waals surface area contributed by atoms with Crippen LogP contribution >= 0.6 is 46.4 Å². The molecule has 0 fully saturated rings. The van der Waals surface area contributed by atoms with Crippen LogP contribution in [0.15, 0.2) is 10.1 Å². The zero-order chi connectivity index (χ0) is 10.8. The molecule has 0 aliphatic carbocycles. The zero-order valence-corrected chi connectivity index (χ0v) is 8.75. The van der Waals surface area contributed by atoms with Gasteiger partial charge in [0.1, 0.15) is 5.03 Å². The summed E-state index contributed by atoms with van der Waals surface area (Å²) < 4.78 is -2.54. The van der Waals surface area contributed by atoms with Gasteiger partial charge in [-0.05, 0) is 0 Å². The standard InChI is InChI=1S/C5H2Cl4O4/c6-1(3(10)11)2(7)5(8,9)4(12)13/h(H,10,11)(H,12,13). The average molecular weight is 268 g/mol. The molecule has 0 spiro atoms. The molecule has 0 aromatic heterocycles. The van der Waals surface area contributed by atoms with Gasteiger partial charge in [0.2, 0.25) is 0 Å². The smallest absolute Gasteiger partial charge is 0.348 e. The van der Waals surface area contributed by atoms with Gasteiger partial charge in [-0.1, -0.05) is 46.4 Å². The van der Waals surface area contributed by atoms with Crippen molar-refractivity contribution < 1.29 is 19.8 Å². The SMILES string of the molecule is O=C(O)C(Cl)=C(Cl)C(Cl)(Cl)C(=O)O. The number of carboxylic acid groups (broad SMARTS) is 2. The largest absolute Gasteiger partial charge is 0.479 e. The van der Waals surface area contributed by atoms with E-state index in [2.05, 4.69) is 0 Å². The van der Waals surface area contributed by atoms with Gasteiger partial charge in [0.05, 0.1) is 5.03 Å². The molecule has 0 radical (unpaired) electrons. The minimum absolute atomic E-state index is 0.863. The first-order valence-electron chi connectivity index (χ1n) is 2.61. The molecule has 0 aliphatic heterocycles. The summed E-state index contributed by atoms with van der Waals surface area (Å²) in [7, 11) is 0. The van der Waals surface area contributed by atoms with Crippen LogP contribution in [0.2, 0.25) is 0 Å². The van der Waals surface area contributed by atoms with Crippen molar-refractivity contribution in [2.75, 3.05) is 0 Å². The van der Waals surface area contributed by atoms with Crippen LogP contribution in [0.3, 0.4) is 0 Å². The number of carbonyl (C=O) groups is 2. The summed E-state index contributed by atoms with van der Waals surface area (Å²) in [6, 6.07) is 0. The maximum Gasteiger partial charge on any atom is 0.348 e. The van der Waals surface area contributed by atoms with E-state index in [9.17, 15) is 9.59 Å². The molecule has 0 saturated heterocycles. The number of alkyl halides is 2. The van der Waals surface area contributed by atoms with Crippen LogP contribution in [0.4, 0.5) is 0 Å².